The monoisotopic (exact) mass is 462 g/mol. The van der Waals surface area contributed by atoms with Gasteiger partial charge in [0.1, 0.15) is 10.6 Å². The average molecular weight is 463 g/mol. The number of hydrogen-bond acceptors (Lipinski definition) is 5. The zero-order chi connectivity index (χ0) is 23.6. The van der Waals surface area contributed by atoms with E-state index in [1.54, 1.807) is 24.3 Å². The van der Waals surface area contributed by atoms with Crippen LogP contribution in [0.2, 0.25) is 0 Å². The summed E-state index contributed by atoms with van der Waals surface area (Å²) in [5.41, 5.74) is 0.391. The Kier molecular flexibility index (Phi) is 9.99. The van der Waals surface area contributed by atoms with Crippen molar-refractivity contribution in [2.24, 2.45) is 0 Å². The van der Waals surface area contributed by atoms with Gasteiger partial charge >= 0.3 is 5.97 Å². The molecule has 2 rings (SSSR count). The predicted octanol–water partition coefficient (Wildman–Crippen LogP) is 5.27. The van der Waals surface area contributed by atoms with E-state index in [2.05, 4.69) is 18.6 Å². The summed E-state index contributed by atoms with van der Waals surface area (Å²) in [6, 6.07) is 11.6. The van der Waals surface area contributed by atoms with Gasteiger partial charge < -0.3 is 14.7 Å². The molecule has 2 aromatic rings. The first-order valence-corrected chi connectivity index (χ1v) is 12.7. The molecule has 0 atom stereocenters. The Labute approximate surface area is 191 Å². The van der Waals surface area contributed by atoms with E-state index in [0.29, 0.717) is 30.9 Å². The smallest absolute Gasteiger partial charge is 0.335 e. The number of carboxylic acids is 1. The van der Waals surface area contributed by atoms with Gasteiger partial charge in [-0.3, -0.25) is 0 Å². The molecule has 176 valence electrons. The van der Waals surface area contributed by atoms with Crippen molar-refractivity contribution in [1.82, 2.24) is 4.72 Å². The summed E-state index contributed by atoms with van der Waals surface area (Å²) < 4.78 is 35.0. The van der Waals surface area contributed by atoms with E-state index in [-0.39, 0.29) is 22.8 Å². The molecule has 0 saturated heterocycles. The third-order valence-corrected chi connectivity index (χ3v) is 6.45. The molecule has 0 amide bonds. The molecule has 0 fully saturated rings. The van der Waals surface area contributed by atoms with Gasteiger partial charge in [-0.15, -0.1) is 0 Å². The van der Waals surface area contributed by atoms with Crippen LogP contribution in [0.1, 0.15) is 63.2 Å². The topological polar surface area (TPSA) is 95.9 Å². The normalized spacial score (nSPS) is 11.3. The second-order valence-corrected chi connectivity index (χ2v) is 9.37. The molecule has 0 radical (unpaired) electrons. The summed E-state index contributed by atoms with van der Waals surface area (Å²) in [6.07, 6.45) is 4.31. The van der Waals surface area contributed by atoms with Crippen LogP contribution in [0.5, 0.6) is 11.5 Å². The molecule has 0 aliphatic carbocycles. The van der Waals surface area contributed by atoms with Crippen LogP contribution < -0.4 is 14.4 Å². The maximum Gasteiger partial charge on any atom is 0.335 e. The van der Waals surface area contributed by atoms with E-state index in [1.807, 2.05) is 17.9 Å². The van der Waals surface area contributed by atoms with Crippen molar-refractivity contribution in [2.75, 3.05) is 24.5 Å². The maximum atomic E-state index is 13.2. The molecule has 2 aromatic carbocycles. The zero-order valence-electron chi connectivity index (χ0n) is 19.1. The van der Waals surface area contributed by atoms with Gasteiger partial charge in [-0.05, 0) is 43.5 Å². The Morgan fingerprint density at radius 1 is 1.00 bits per heavy atom. The number of ether oxygens (including phenoxy) is 1. The van der Waals surface area contributed by atoms with E-state index in [0.717, 1.165) is 25.7 Å². The van der Waals surface area contributed by atoms with Crippen LogP contribution in [0.25, 0.3) is 0 Å². The first-order chi connectivity index (χ1) is 15.3. The van der Waals surface area contributed by atoms with Crippen LogP contribution in [0.3, 0.4) is 0 Å². The second-order valence-electron chi connectivity index (χ2n) is 7.63. The highest BCUT2D eigenvalue weighted by atomic mass is 32.2. The van der Waals surface area contributed by atoms with E-state index in [1.165, 1.54) is 12.1 Å². The zero-order valence-corrected chi connectivity index (χ0v) is 20.0. The summed E-state index contributed by atoms with van der Waals surface area (Å²) in [6.45, 7) is 7.61. The standard InChI is InChI=1S/C24H34N2O5S/c1-4-7-15-26(16-8-5-2)21-17-19(24(27)28)18-22(32(29,30)25-14-6-3)23(21)31-20-12-10-9-11-13-20/h9-13,17-18,25H,4-8,14-16H2,1-3H3,(H,27,28). The molecule has 0 aliphatic rings. The SMILES string of the molecule is CCCCN(CCCC)c1cc(C(=O)O)cc(S(=O)(=O)NCCC)c1Oc1ccccc1. The van der Waals surface area contributed by atoms with Crippen molar-refractivity contribution in [2.45, 2.75) is 57.8 Å². The number of anilines is 1. The van der Waals surface area contributed by atoms with E-state index >= 15 is 0 Å². The van der Waals surface area contributed by atoms with E-state index in [9.17, 15) is 18.3 Å². The Morgan fingerprint density at radius 3 is 2.16 bits per heavy atom. The molecule has 2 N–H and O–H groups in total. The van der Waals surface area contributed by atoms with Crippen LogP contribution in [0.4, 0.5) is 5.69 Å². The van der Waals surface area contributed by atoms with Crippen LogP contribution in [0, 0.1) is 0 Å². The molecule has 0 aliphatic heterocycles. The summed E-state index contributed by atoms with van der Waals surface area (Å²) in [5, 5.41) is 9.72. The number of nitrogens with one attached hydrogen (secondary N) is 1. The van der Waals surface area contributed by atoms with Gasteiger partial charge in [0.25, 0.3) is 0 Å². The lowest BCUT2D eigenvalue weighted by Gasteiger charge is -2.28. The lowest BCUT2D eigenvalue weighted by Crippen LogP contribution is -2.29. The first-order valence-electron chi connectivity index (χ1n) is 11.2. The number of carboxylic acid groups (broad SMARTS) is 1. The van der Waals surface area contributed by atoms with Crippen molar-refractivity contribution >= 4 is 21.7 Å². The maximum absolute atomic E-state index is 13.2. The number of rotatable bonds is 14. The fourth-order valence-electron chi connectivity index (χ4n) is 3.22. The molecule has 0 heterocycles. The lowest BCUT2D eigenvalue weighted by atomic mass is 10.1. The number of nitrogens with zero attached hydrogens (tertiary/aromatic N) is 1. The van der Waals surface area contributed by atoms with Crippen LogP contribution in [0.15, 0.2) is 47.4 Å². The molecule has 0 unspecified atom stereocenters. The third-order valence-electron chi connectivity index (χ3n) is 4.98. The number of aromatic carboxylic acids is 1. The Bertz CT molecular complexity index is 969. The minimum absolute atomic E-state index is 0.0877. The third kappa shape index (κ3) is 6.97. The molecule has 32 heavy (non-hydrogen) atoms. The largest absolute Gasteiger partial charge is 0.478 e. The van der Waals surface area contributed by atoms with Crippen molar-refractivity contribution in [1.29, 1.82) is 0 Å². The predicted molar refractivity (Wildman–Crippen MR) is 127 cm³/mol. The van der Waals surface area contributed by atoms with Gasteiger partial charge in [-0.1, -0.05) is 51.8 Å². The minimum atomic E-state index is -3.99. The summed E-state index contributed by atoms with van der Waals surface area (Å²) in [7, 11) is -3.99. The molecule has 7 nitrogen and oxygen atoms in total. The van der Waals surface area contributed by atoms with Gasteiger partial charge in [0.2, 0.25) is 10.0 Å². The molecular formula is C24H34N2O5S. The van der Waals surface area contributed by atoms with Crippen LogP contribution in [-0.4, -0.2) is 39.1 Å². The van der Waals surface area contributed by atoms with Crippen molar-refractivity contribution in [3.05, 3.63) is 48.0 Å². The molecule has 0 spiro atoms. The lowest BCUT2D eigenvalue weighted by molar-refractivity contribution is 0.0696. The van der Waals surface area contributed by atoms with Gasteiger partial charge in [0.05, 0.1) is 11.3 Å². The molecule has 0 bridgehead atoms. The highest BCUT2D eigenvalue weighted by Crippen LogP contribution is 2.40. The average Bonchev–Trinajstić information content (AvgIpc) is 2.78. The summed E-state index contributed by atoms with van der Waals surface area (Å²) in [4.78, 5) is 13.8. The number of sulfonamides is 1. The van der Waals surface area contributed by atoms with Gasteiger partial charge in [0.15, 0.2) is 5.75 Å². The van der Waals surface area contributed by atoms with Crippen molar-refractivity contribution in [3.8, 4) is 11.5 Å². The second kappa shape index (κ2) is 12.5. The summed E-state index contributed by atoms with van der Waals surface area (Å²) >= 11 is 0. The van der Waals surface area contributed by atoms with E-state index in [4.69, 9.17) is 4.74 Å². The van der Waals surface area contributed by atoms with Gasteiger partial charge in [-0.25, -0.2) is 17.9 Å². The molecule has 0 saturated carbocycles. The molecular weight excluding hydrogens is 428 g/mol. The van der Waals surface area contributed by atoms with Crippen molar-refractivity contribution in [3.63, 3.8) is 0 Å². The van der Waals surface area contributed by atoms with Crippen molar-refractivity contribution < 1.29 is 23.1 Å². The fourth-order valence-corrected chi connectivity index (χ4v) is 4.52. The van der Waals surface area contributed by atoms with Crippen LogP contribution >= 0.6 is 0 Å². The number of unbranched alkanes of at least 4 members (excludes halogenated alkanes) is 2. The first kappa shape index (κ1) is 25.7. The fraction of sp³-hybridized carbons (Fsp3) is 0.458. The highest BCUT2D eigenvalue weighted by Gasteiger charge is 2.28. The number of benzene rings is 2. The number of carbonyl (C=O) groups is 1. The number of para-hydroxylation sites is 1. The Hall–Kier alpha value is -2.58. The van der Waals surface area contributed by atoms with Gasteiger partial charge in [-0.2, -0.15) is 0 Å². The Morgan fingerprint density at radius 2 is 1.62 bits per heavy atom. The molecule has 8 heteroatoms. The molecule has 0 aromatic heterocycles. The Balaban J connectivity index is 2.75. The van der Waals surface area contributed by atoms with Gasteiger partial charge in [0, 0.05) is 19.6 Å². The minimum Gasteiger partial charge on any atom is -0.478 e. The highest BCUT2D eigenvalue weighted by molar-refractivity contribution is 7.89. The van der Waals surface area contributed by atoms with Crippen LogP contribution in [-0.2, 0) is 10.0 Å². The summed E-state index contributed by atoms with van der Waals surface area (Å²) in [5.74, 6) is -0.554. The van der Waals surface area contributed by atoms with E-state index < -0.39 is 16.0 Å². The number of hydrogen-bond donors (Lipinski definition) is 2. The quantitative estimate of drug-likeness (QED) is 0.397.